The van der Waals surface area contributed by atoms with Crippen LogP contribution in [0.4, 0.5) is 0 Å². The molecule has 1 aromatic carbocycles. The van der Waals surface area contributed by atoms with Gasteiger partial charge in [0.2, 0.25) is 5.79 Å². The van der Waals surface area contributed by atoms with Crippen LogP contribution < -0.4 is 4.74 Å². The molecule has 0 aliphatic heterocycles. The first kappa shape index (κ1) is 13.8. The summed E-state index contributed by atoms with van der Waals surface area (Å²) in [6.45, 7) is 10.6. The lowest BCUT2D eigenvalue weighted by Gasteiger charge is -2.29. The fourth-order valence-electron chi connectivity index (χ4n) is 1.44. The second-order valence-corrected chi connectivity index (χ2v) is 4.21. The summed E-state index contributed by atoms with van der Waals surface area (Å²) in [4.78, 5) is 0. The molecule has 1 aromatic rings. The fraction of sp³-hybridized carbons (Fsp3) is 0.467. The smallest absolute Gasteiger partial charge is 0.207 e. The predicted octanol–water partition coefficient (Wildman–Crippen LogP) is 4.26. The first-order valence-electron chi connectivity index (χ1n) is 6.19. The van der Waals surface area contributed by atoms with Crippen molar-refractivity contribution in [2.45, 2.75) is 39.4 Å². The summed E-state index contributed by atoms with van der Waals surface area (Å²) in [6, 6.07) is 7.86. The van der Waals surface area contributed by atoms with E-state index in [4.69, 9.17) is 9.47 Å². The van der Waals surface area contributed by atoms with Crippen molar-refractivity contribution in [3.8, 4) is 5.75 Å². The van der Waals surface area contributed by atoms with Crippen molar-refractivity contribution in [2.24, 2.45) is 0 Å². The molecule has 0 aliphatic rings. The van der Waals surface area contributed by atoms with Gasteiger partial charge in [-0.15, -0.1) is 0 Å². The minimum absolute atomic E-state index is 0.536. The molecule has 1 atom stereocenters. The first-order valence-corrected chi connectivity index (χ1v) is 6.19. The van der Waals surface area contributed by atoms with E-state index >= 15 is 0 Å². The number of ether oxygens (including phenoxy) is 2. The van der Waals surface area contributed by atoms with Crippen molar-refractivity contribution in [2.75, 3.05) is 6.61 Å². The van der Waals surface area contributed by atoms with Gasteiger partial charge in [-0.3, -0.25) is 0 Å². The van der Waals surface area contributed by atoms with Gasteiger partial charge in [0.1, 0.15) is 5.75 Å². The van der Waals surface area contributed by atoms with E-state index in [-0.39, 0.29) is 0 Å². The van der Waals surface area contributed by atoms with Crippen LogP contribution in [0, 0.1) is 0 Å². The molecule has 0 N–H and O–H groups in total. The van der Waals surface area contributed by atoms with Crippen LogP contribution in [0.15, 0.2) is 30.8 Å². The molecule has 2 nitrogen and oxygen atoms in total. The fourth-order valence-corrected chi connectivity index (χ4v) is 1.44. The van der Waals surface area contributed by atoms with Crippen molar-refractivity contribution < 1.29 is 9.47 Å². The molecule has 0 heterocycles. The summed E-state index contributed by atoms with van der Waals surface area (Å²) in [5, 5.41) is 0. The van der Waals surface area contributed by atoms with Gasteiger partial charge in [-0.25, -0.2) is 0 Å². The zero-order valence-corrected chi connectivity index (χ0v) is 11.0. The highest BCUT2D eigenvalue weighted by Gasteiger charge is 2.24. The topological polar surface area (TPSA) is 18.5 Å². The summed E-state index contributed by atoms with van der Waals surface area (Å²) < 4.78 is 11.6. The molecule has 17 heavy (non-hydrogen) atoms. The van der Waals surface area contributed by atoms with E-state index in [1.54, 1.807) is 0 Å². The van der Waals surface area contributed by atoms with Gasteiger partial charge < -0.3 is 9.47 Å². The molecule has 0 saturated heterocycles. The highest BCUT2D eigenvalue weighted by atomic mass is 16.7. The average molecular weight is 234 g/mol. The Labute approximate surface area is 104 Å². The second kappa shape index (κ2) is 6.45. The van der Waals surface area contributed by atoms with Crippen LogP contribution in [0.5, 0.6) is 5.75 Å². The zero-order valence-electron chi connectivity index (χ0n) is 11.0. The molecule has 1 rings (SSSR count). The highest BCUT2D eigenvalue weighted by molar-refractivity contribution is 5.48. The van der Waals surface area contributed by atoms with Gasteiger partial charge in [-0.1, -0.05) is 38.6 Å². The van der Waals surface area contributed by atoms with Crippen molar-refractivity contribution in [3.63, 3.8) is 0 Å². The Kier molecular flexibility index (Phi) is 5.23. The lowest BCUT2D eigenvalue weighted by molar-refractivity contribution is -0.171. The van der Waals surface area contributed by atoms with E-state index in [1.165, 1.54) is 0 Å². The van der Waals surface area contributed by atoms with Gasteiger partial charge in [-0.05, 0) is 24.1 Å². The zero-order chi connectivity index (χ0) is 12.7. The van der Waals surface area contributed by atoms with Crippen molar-refractivity contribution in [1.29, 1.82) is 0 Å². The summed E-state index contributed by atoms with van der Waals surface area (Å²) >= 11 is 0. The maximum Gasteiger partial charge on any atom is 0.207 e. The molecular weight excluding hydrogens is 212 g/mol. The molecule has 0 aliphatic carbocycles. The summed E-state index contributed by atoms with van der Waals surface area (Å²) in [5.41, 5.74) is 1.09. The molecular formula is C15H22O2. The third-order valence-corrected chi connectivity index (χ3v) is 2.70. The van der Waals surface area contributed by atoms with Crippen LogP contribution in [0.1, 0.15) is 39.2 Å². The van der Waals surface area contributed by atoms with Crippen LogP contribution >= 0.6 is 0 Å². The molecule has 0 amide bonds. The lowest BCUT2D eigenvalue weighted by Crippen LogP contribution is -2.35. The first-order chi connectivity index (χ1) is 8.13. The molecule has 1 unspecified atom stereocenters. The maximum atomic E-state index is 5.90. The third kappa shape index (κ3) is 4.23. The third-order valence-electron chi connectivity index (χ3n) is 2.70. The lowest BCUT2D eigenvalue weighted by atomic mass is 10.2. The normalized spacial score (nSPS) is 14.1. The van der Waals surface area contributed by atoms with Gasteiger partial charge in [0.15, 0.2) is 0 Å². The van der Waals surface area contributed by atoms with Gasteiger partial charge in [0.25, 0.3) is 0 Å². The van der Waals surface area contributed by atoms with Crippen molar-refractivity contribution in [3.05, 3.63) is 36.4 Å². The standard InChI is InChI=1S/C15H22O2/c1-5-12-16-15(4,7-3)17-14-10-8-13(6-2)9-11-14/h6,8-11H,2,5,7,12H2,1,3-4H3. The monoisotopic (exact) mass is 234 g/mol. The maximum absolute atomic E-state index is 5.90. The number of hydrogen-bond acceptors (Lipinski definition) is 2. The van der Waals surface area contributed by atoms with Crippen molar-refractivity contribution in [1.82, 2.24) is 0 Å². The molecule has 0 saturated carbocycles. The Morgan fingerprint density at radius 2 is 1.88 bits per heavy atom. The molecule has 94 valence electrons. The predicted molar refractivity (Wildman–Crippen MR) is 72.1 cm³/mol. The van der Waals surface area contributed by atoms with Crippen LogP contribution in [0.25, 0.3) is 6.08 Å². The van der Waals surface area contributed by atoms with E-state index in [9.17, 15) is 0 Å². The van der Waals surface area contributed by atoms with Crippen molar-refractivity contribution >= 4 is 6.08 Å². The number of benzene rings is 1. The Morgan fingerprint density at radius 1 is 1.24 bits per heavy atom. The minimum Gasteiger partial charge on any atom is -0.463 e. The van der Waals surface area contributed by atoms with Crippen LogP contribution in [0.3, 0.4) is 0 Å². The van der Waals surface area contributed by atoms with E-state index in [2.05, 4.69) is 20.4 Å². The average Bonchev–Trinajstić information content (AvgIpc) is 2.37. The molecule has 0 bridgehead atoms. The quantitative estimate of drug-likeness (QED) is 0.656. The Bertz CT molecular complexity index is 342. The highest BCUT2D eigenvalue weighted by Crippen LogP contribution is 2.23. The summed E-state index contributed by atoms with van der Waals surface area (Å²) in [7, 11) is 0. The van der Waals surface area contributed by atoms with Gasteiger partial charge in [0.05, 0.1) is 6.61 Å². The molecule has 0 aromatic heterocycles. The molecule has 2 heteroatoms. The van der Waals surface area contributed by atoms with E-state index in [0.717, 1.165) is 30.8 Å². The van der Waals surface area contributed by atoms with Crippen LogP contribution in [-0.2, 0) is 4.74 Å². The van der Waals surface area contributed by atoms with E-state index in [0.29, 0.717) is 0 Å². The Balaban J connectivity index is 2.68. The van der Waals surface area contributed by atoms with Crippen LogP contribution in [0.2, 0.25) is 0 Å². The van der Waals surface area contributed by atoms with Gasteiger partial charge in [0, 0.05) is 13.3 Å². The van der Waals surface area contributed by atoms with Gasteiger partial charge >= 0.3 is 0 Å². The number of hydrogen-bond donors (Lipinski definition) is 0. The van der Waals surface area contributed by atoms with E-state index in [1.807, 2.05) is 37.3 Å². The van der Waals surface area contributed by atoms with Crippen LogP contribution in [-0.4, -0.2) is 12.4 Å². The Hall–Kier alpha value is -1.28. The molecule has 0 spiro atoms. The SMILES string of the molecule is C=Cc1ccc(OC(C)(CC)OCCC)cc1. The van der Waals surface area contributed by atoms with Gasteiger partial charge in [-0.2, -0.15) is 0 Å². The second-order valence-electron chi connectivity index (χ2n) is 4.21. The number of rotatable bonds is 7. The Morgan fingerprint density at radius 3 is 2.35 bits per heavy atom. The minimum atomic E-state index is -0.536. The molecule has 0 fully saturated rings. The summed E-state index contributed by atoms with van der Waals surface area (Å²) in [6.07, 6.45) is 3.63. The largest absolute Gasteiger partial charge is 0.463 e. The molecule has 0 radical (unpaired) electrons. The van der Waals surface area contributed by atoms with E-state index < -0.39 is 5.79 Å². The summed E-state index contributed by atoms with van der Waals surface area (Å²) in [5.74, 6) is 0.294.